The summed E-state index contributed by atoms with van der Waals surface area (Å²) in [5, 5.41) is 3.80. The van der Waals surface area contributed by atoms with E-state index in [1.54, 1.807) is 7.11 Å². The molecule has 16 heavy (non-hydrogen) atoms. The Labute approximate surface area is 93.6 Å². The van der Waals surface area contributed by atoms with Gasteiger partial charge in [-0.1, -0.05) is 29.4 Å². The summed E-state index contributed by atoms with van der Waals surface area (Å²) < 4.78 is 10.4. The van der Waals surface area contributed by atoms with Gasteiger partial charge in [-0.15, -0.1) is 0 Å². The monoisotopic (exact) mass is 219 g/mol. The minimum atomic E-state index is -0.239. The number of azide groups is 1. The molecule has 2 rings (SSSR count). The van der Waals surface area contributed by atoms with E-state index in [4.69, 9.17) is 15.0 Å². The second-order valence-electron chi connectivity index (χ2n) is 3.66. The van der Waals surface area contributed by atoms with Gasteiger partial charge in [0.15, 0.2) is 0 Å². The fourth-order valence-corrected chi connectivity index (χ4v) is 2.03. The summed E-state index contributed by atoms with van der Waals surface area (Å²) in [7, 11) is 1.57. The third-order valence-electron chi connectivity index (χ3n) is 2.72. The highest BCUT2D eigenvalue weighted by Crippen LogP contribution is 2.36. The topological polar surface area (TPSA) is 67.2 Å². The summed E-state index contributed by atoms with van der Waals surface area (Å²) >= 11 is 0. The average Bonchev–Trinajstić information content (AvgIpc) is 2.66. The molecule has 1 aromatic rings. The highest BCUT2D eigenvalue weighted by Gasteiger charge is 2.32. The summed E-state index contributed by atoms with van der Waals surface area (Å²) in [5.74, 6) is 0. The molecule has 5 nitrogen and oxygen atoms in total. The molecular weight excluding hydrogens is 206 g/mol. The number of methoxy groups -OCH3 is 1. The van der Waals surface area contributed by atoms with Crippen molar-refractivity contribution in [1.82, 2.24) is 0 Å². The van der Waals surface area contributed by atoms with Crippen LogP contribution in [0.15, 0.2) is 29.4 Å². The number of fused-ring (bicyclic) bond motifs is 1. The smallest absolute Gasteiger partial charge is 0.146 e. The zero-order valence-electron chi connectivity index (χ0n) is 9.04. The summed E-state index contributed by atoms with van der Waals surface area (Å²) in [6, 6.07) is 7.69. The van der Waals surface area contributed by atoms with Gasteiger partial charge in [-0.2, -0.15) is 0 Å². The molecule has 0 N–H and O–H groups in total. The molecule has 0 aromatic heterocycles. The number of nitrogens with zero attached hydrogens (tertiary/aromatic N) is 3. The van der Waals surface area contributed by atoms with Crippen molar-refractivity contribution >= 4 is 0 Å². The van der Waals surface area contributed by atoms with E-state index < -0.39 is 0 Å². The zero-order valence-corrected chi connectivity index (χ0v) is 9.04. The standard InChI is InChI=1S/C11H13N3O2/c1-15-7-16-10-6-8-4-2-3-5-9(8)11(10)13-14-12/h2-5,10-11H,6-7H2,1H3/t10-,11?/m1/s1. The Morgan fingerprint density at radius 2 is 2.31 bits per heavy atom. The molecule has 0 fully saturated rings. The van der Waals surface area contributed by atoms with Crippen molar-refractivity contribution in [2.45, 2.75) is 18.6 Å². The van der Waals surface area contributed by atoms with Crippen molar-refractivity contribution in [2.75, 3.05) is 13.9 Å². The molecule has 1 aliphatic carbocycles. The first-order chi connectivity index (χ1) is 7.86. The van der Waals surface area contributed by atoms with Crippen LogP contribution in [0.4, 0.5) is 0 Å². The molecule has 1 aliphatic rings. The molecule has 0 radical (unpaired) electrons. The largest absolute Gasteiger partial charge is 0.359 e. The van der Waals surface area contributed by atoms with Gasteiger partial charge in [0, 0.05) is 12.0 Å². The van der Waals surface area contributed by atoms with Crippen molar-refractivity contribution < 1.29 is 9.47 Å². The lowest BCUT2D eigenvalue weighted by Crippen LogP contribution is -2.18. The lowest BCUT2D eigenvalue weighted by molar-refractivity contribution is -0.0755. The molecular formula is C11H13N3O2. The number of hydrogen-bond acceptors (Lipinski definition) is 3. The number of hydrogen-bond donors (Lipinski definition) is 0. The molecule has 0 saturated heterocycles. The number of benzene rings is 1. The fraction of sp³-hybridized carbons (Fsp3) is 0.455. The molecule has 5 heteroatoms. The predicted octanol–water partition coefficient (Wildman–Crippen LogP) is 2.58. The van der Waals surface area contributed by atoms with Crippen LogP contribution in [0.3, 0.4) is 0 Å². The third-order valence-corrected chi connectivity index (χ3v) is 2.72. The average molecular weight is 219 g/mol. The first-order valence-corrected chi connectivity index (χ1v) is 5.09. The van der Waals surface area contributed by atoms with Gasteiger partial charge in [0.2, 0.25) is 0 Å². The van der Waals surface area contributed by atoms with Crippen molar-refractivity contribution in [1.29, 1.82) is 0 Å². The van der Waals surface area contributed by atoms with Gasteiger partial charge in [0.05, 0.1) is 12.1 Å². The third kappa shape index (κ3) is 2.02. The van der Waals surface area contributed by atoms with E-state index in [0.717, 1.165) is 12.0 Å². The van der Waals surface area contributed by atoms with Crippen LogP contribution in [0.2, 0.25) is 0 Å². The lowest BCUT2D eigenvalue weighted by Gasteiger charge is -2.15. The number of rotatable bonds is 4. The van der Waals surface area contributed by atoms with E-state index in [1.165, 1.54) is 5.56 Å². The van der Waals surface area contributed by atoms with Gasteiger partial charge < -0.3 is 9.47 Å². The molecule has 84 valence electrons. The fourth-order valence-electron chi connectivity index (χ4n) is 2.03. The van der Waals surface area contributed by atoms with Gasteiger partial charge >= 0.3 is 0 Å². The summed E-state index contributed by atoms with van der Waals surface area (Å²) in [4.78, 5) is 2.88. The van der Waals surface area contributed by atoms with Crippen LogP contribution < -0.4 is 0 Å². The van der Waals surface area contributed by atoms with Crippen molar-refractivity contribution in [3.63, 3.8) is 0 Å². The first kappa shape index (κ1) is 11.0. The molecule has 0 amide bonds. The quantitative estimate of drug-likeness (QED) is 0.338. The van der Waals surface area contributed by atoms with Crippen LogP contribution in [-0.2, 0) is 15.9 Å². The van der Waals surface area contributed by atoms with Crippen molar-refractivity contribution in [3.05, 3.63) is 45.8 Å². The van der Waals surface area contributed by atoms with Crippen LogP contribution >= 0.6 is 0 Å². The SMILES string of the molecule is COCO[C@@H]1Cc2ccccc2C1N=[N+]=[N-]. The lowest BCUT2D eigenvalue weighted by atomic mass is 10.1. The van der Waals surface area contributed by atoms with E-state index in [9.17, 15) is 0 Å². The summed E-state index contributed by atoms with van der Waals surface area (Å²) in [6.07, 6.45) is 0.650. The van der Waals surface area contributed by atoms with E-state index in [0.29, 0.717) is 0 Å². The van der Waals surface area contributed by atoms with E-state index >= 15 is 0 Å². The van der Waals surface area contributed by atoms with Gasteiger partial charge in [0.25, 0.3) is 0 Å². The molecule has 0 heterocycles. The van der Waals surface area contributed by atoms with Gasteiger partial charge in [0.1, 0.15) is 6.79 Å². The highest BCUT2D eigenvalue weighted by molar-refractivity contribution is 5.36. The highest BCUT2D eigenvalue weighted by atomic mass is 16.7. The van der Waals surface area contributed by atoms with E-state index in [1.807, 2.05) is 24.3 Å². The Bertz CT molecular complexity index is 415. The second kappa shape index (κ2) is 4.99. The van der Waals surface area contributed by atoms with Crippen LogP contribution in [-0.4, -0.2) is 20.0 Å². The Hall–Kier alpha value is -1.55. The van der Waals surface area contributed by atoms with Gasteiger partial charge in [-0.25, -0.2) is 0 Å². The maximum atomic E-state index is 8.57. The maximum absolute atomic E-state index is 8.57. The molecule has 0 bridgehead atoms. The van der Waals surface area contributed by atoms with Crippen LogP contribution in [0, 0.1) is 0 Å². The van der Waals surface area contributed by atoms with Gasteiger partial charge in [-0.3, -0.25) is 0 Å². The minimum absolute atomic E-state index is 0.117. The number of ether oxygens (including phenoxy) is 2. The molecule has 0 spiro atoms. The zero-order chi connectivity index (χ0) is 11.4. The Morgan fingerprint density at radius 1 is 1.50 bits per heavy atom. The Kier molecular flexibility index (Phi) is 3.41. The normalized spacial score (nSPS) is 22.6. The minimum Gasteiger partial charge on any atom is -0.359 e. The molecule has 2 atom stereocenters. The molecule has 1 unspecified atom stereocenters. The summed E-state index contributed by atoms with van der Waals surface area (Å²) in [5.41, 5.74) is 10.8. The summed E-state index contributed by atoms with van der Waals surface area (Å²) in [6.45, 7) is 0.218. The Morgan fingerprint density at radius 3 is 3.06 bits per heavy atom. The van der Waals surface area contributed by atoms with Crippen molar-refractivity contribution in [2.24, 2.45) is 5.11 Å². The van der Waals surface area contributed by atoms with Gasteiger partial charge in [-0.05, 0) is 23.1 Å². The van der Waals surface area contributed by atoms with E-state index in [2.05, 4.69) is 10.0 Å². The van der Waals surface area contributed by atoms with E-state index in [-0.39, 0.29) is 18.9 Å². The van der Waals surface area contributed by atoms with Crippen LogP contribution in [0.25, 0.3) is 10.4 Å². The Balaban J connectivity index is 2.22. The first-order valence-electron chi connectivity index (χ1n) is 5.09. The van der Waals surface area contributed by atoms with Crippen LogP contribution in [0.5, 0.6) is 0 Å². The maximum Gasteiger partial charge on any atom is 0.146 e. The molecule has 1 aromatic carbocycles. The molecule has 0 saturated carbocycles. The second-order valence-corrected chi connectivity index (χ2v) is 3.66. The predicted molar refractivity (Wildman–Crippen MR) is 58.8 cm³/mol. The molecule has 0 aliphatic heterocycles. The van der Waals surface area contributed by atoms with Crippen molar-refractivity contribution in [3.8, 4) is 0 Å². The van der Waals surface area contributed by atoms with Crippen LogP contribution in [0.1, 0.15) is 17.2 Å².